The van der Waals surface area contributed by atoms with Crippen molar-refractivity contribution in [2.24, 2.45) is 10.8 Å². The van der Waals surface area contributed by atoms with Crippen LogP contribution in [0.2, 0.25) is 0 Å². The maximum atomic E-state index is 11.1. The van der Waals surface area contributed by atoms with Gasteiger partial charge in [0.05, 0.1) is 19.8 Å². The van der Waals surface area contributed by atoms with Gasteiger partial charge in [-0.1, -0.05) is 31.4 Å². The van der Waals surface area contributed by atoms with Gasteiger partial charge in [0, 0.05) is 53.2 Å². The van der Waals surface area contributed by atoms with Gasteiger partial charge >= 0.3 is 29.8 Å². The van der Waals surface area contributed by atoms with Crippen molar-refractivity contribution >= 4 is 29.8 Å². The summed E-state index contributed by atoms with van der Waals surface area (Å²) in [6.45, 7) is 9.94. The van der Waals surface area contributed by atoms with Crippen molar-refractivity contribution in [2.75, 3.05) is 26.4 Å². The number of carbonyl (C=O) groups is 5. The zero-order valence-electron chi connectivity index (χ0n) is 22.7. The Morgan fingerprint density at radius 2 is 1.18 bits per heavy atom. The first-order valence-corrected chi connectivity index (χ1v) is 11.8. The molecule has 0 amide bonds. The summed E-state index contributed by atoms with van der Waals surface area (Å²) in [4.78, 5) is 54.7. The van der Waals surface area contributed by atoms with Gasteiger partial charge in [-0.3, -0.25) is 0 Å². The Balaban J connectivity index is 0. The fourth-order valence-electron chi connectivity index (χ4n) is 3.02. The summed E-state index contributed by atoms with van der Waals surface area (Å²) in [6, 6.07) is 0. The van der Waals surface area contributed by atoms with E-state index in [1.54, 1.807) is 20.8 Å². The molecule has 0 aliphatic rings. The summed E-state index contributed by atoms with van der Waals surface area (Å²) in [5, 5.41) is 55.2. The summed E-state index contributed by atoms with van der Waals surface area (Å²) in [6.07, 6.45) is 4.67. The molecule has 0 bridgehead atoms. The minimum absolute atomic E-state index is 0.205. The van der Waals surface area contributed by atoms with Crippen LogP contribution in [0.4, 0.5) is 0 Å². The molecular formula is C27H38O13. The molecule has 1 atom stereocenters. The van der Waals surface area contributed by atoms with Gasteiger partial charge in [-0.15, -0.1) is 0 Å². The smallest absolute Gasteiger partial charge is 0.333 e. The minimum atomic E-state index is -1.78. The summed E-state index contributed by atoms with van der Waals surface area (Å²) >= 11 is 0. The standard InChI is InChI=1S/C15H20O9.C12H18O4/c16-8-7-15(9-17,10-18)14(4-1-11(19)20,5-2-12(21)22)6-3-13(23)24;1-8(2)11(13)15-7-6-10(5)16-12(14)9(3)4/h1-6,16-18H,7-10H2,(H,19,20)(H,21,22)(H,23,24);10H,1,3,6-7H2,2,4-5H3. The van der Waals surface area contributed by atoms with Crippen LogP contribution in [-0.4, -0.2) is 93.0 Å². The van der Waals surface area contributed by atoms with E-state index in [2.05, 4.69) is 13.2 Å². The predicted molar refractivity (Wildman–Crippen MR) is 142 cm³/mol. The van der Waals surface area contributed by atoms with Crippen LogP contribution in [-0.2, 0) is 33.4 Å². The van der Waals surface area contributed by atoms with E-state index < -0.39 is 60.5 Å². The molecule has 0 heterocycles. The molecule has 0 aliphatic carbocycles. The first-order chi connectivity index (χ1) is 18.5. The molecule has 40 heavy (non-hydrogen) atoms. The van der Waals surface area contributed by atoms with Crippen LogP contribution < -0.4 is 0 Å². The summed E-state index contributed by atoms with van der Waals surface area (Å²) < 4.78 is 9.87. The maximum absolute atomic E-state index is 11.1. The SMILES string of the molecule is C=C(C)C(=O)OCCC(C)OC(=O)C(=C)C.O=C(O)C=CC(C=CC(=O)O)(C=CC(=O)O)C(CO)(CO)CCO. The first-order valence-electron chi connectivity index (χ1n) is 11.8. The summed E-state index contributed by atoms with van der Waals surface area (Å²) in [5.74, 6) is -5.07. The highest BCUT2D eigenvalue weighted by molar-refractivity contribution is 5.87. The van der Waals surface area contributed by atoms with Crippen LogP contribution in [0, 0.1) is 10.8 Å². The Hall–Kier alpha value is -4.07. The Kier molecular flexibility index (Phi) is 18.1. The van der Waals surface area contributed by atoms with E-state index >= 15 is 0 Å². The number of carboxylic acids is 3. The molecule has 0 aromatic carbocycles. The van der Waals surface area contributed by atoms with E-state index in [0.29, 0.717) is 35.8 Å². The molecule has 0 radical (unpaired) electrons. The van der Waals surface area contributed by atoms with Gasteiger partial charge in [0.15, 0.2) is 0 Å². The lowest BCUT2D eigenvalue weighted by molar-refractivity contribution is -0.145. The van der Waals surface area contributed by atoms with Gasteiger partial charge in [0.1, 0.15) is 6.10 Å². The molecule has 0 rings (SSSR count). The second-order valence-corrected chi connectivity index (χ2v) is 8.72. The normalized spacial score (nSPS) is 13.7. The van der Waals surface area contributed by atoms with Gasteiger partial charge in [-0.2, -0.15) is 0 Å². The molecular weight excluding hydrogens is 532 g/mol. The molecule has 13 nitrogen and oxygen atoms in total. The Labute approximate surface area is 232 Å². The summed E-state index contributed by atoms with van der Waals surface area (Å²) in [5.41, 5.74) is -2.71. The van der Waals surface area contributed by atoms with Gasteiger partial charge in [-0.25, -0.2) is 24.0 Å². The third kappa shape index (κ3) is 14.2. The Morgan fingerprint density at radius 1 is 0.775 bits per heavy atom. The number of carbonyl (C=O) groups excluding carboxylic acids is 2. The number of aliphatic carboxylic acids is 3. The molecule has 0 fully saturated rings. The lowest BCUT2D eigenvalue weighted by Gasteiger charge is -2.43. The zero-order valence-corrected chi connectivity index (χ0v) is 22.7. The molecule has 224 valence electrons. The van der Waals surface area contributed by atoms with Crippen LogP contribution in [0.15, 0.2) is 60.8 Å². The van der Waals surface area contributed by atoms with Gasteiger partial charge in [0.25, 0.3) is 0 Å². The monoisotopic (exact) mass is 570 g/mol. The van der Waals surface area contributed by atoms with Gasteiger partial charge in [0.2, 0.25) is 0 Å². The molecule has 0 spiro atoms. The molecule has 0 saturated heterocycles. The lowest BCUT2D eigenvalue weighted by atomic mass is 9.61. The molecule has 0 saturated carbocycles. The van der Waals surface area contributed by atoms with E-state index in [1.165, 1.54) is 0 Å². The van der Waals surface area contributed by atoms with Crippen LogP contribution in [0.1, 0.15) is 33.6 Å². The fraction of sp³-hybridized carbons (Fsp3) is 0.444. The fourth-order valence-corrected chi connectivity index (χ4v) is 3.02. The topological polar surface area (TPSA) is 225 Å². The van der Waals surface area contributed by atoms with Crippen molar-refractivity contribution in [1.29, 1.82) is 0 Å². The number of carboxylic acid groups (broad SMARTS) is 3. The quantitative estimate of drug-likeness (QED) is 0.107. The minimum Gasteiger partial charge on any atom is -0.478 e. The number of hydrogen-bond donors (Lipinski definition) is 6. The zero-order chi connectivity index (χ0) is 31.5. The van der Waals surface area contributed by atoms with Gasteiger partial charge in [-0.05, 0) is 27.2 Å². The molecule has 13 heteroatoms. The lowest BCUT2D eigenvalue weighted by Crippen LogP contribution is -2.45. The molecule has 0 aromatic rings. The van der Waals surface area contributed by atoms with Crippen molar-refractivity contribution in [3.63, 3.8) is 0 Å². The highest BCUT2D eigenvalue weighted by Crippen LogP contribution is 2.46. The molecule has 0 aromatic heterocycles. The molecule has 1 unspecified atom stereocenters. The number of ether oxygens (including phenoxy) is 2. The second kappa shape index (κ2) is 19.1. The molecule has 0 aliphatic heterocycles. The van der Waals surface area contributed by atoms with E-state index in [4.69, 9.17) is 24.8 Å². The largest absolute Gasteiger partial charge is 0.478 e. The predicted octanol–water partition coefficient (Wildman–Crippen LogP) is 1.25. The highest BCUT2D eigenvalue weighted by atomic mass is 16.6. The van der Waals surface area contributed by atoms with E-state index in [0.717, 1.165) is 18.2 Å². The Bertz CT molecular complexity index is 940. The number of aliphatic hydroxyl groups is 3. The van der Waals surface area contributed by atoms with E-state index in [-0.39, 0.29) is 19.1 Å². The van der Waals surface area contributed by atoms with E-state index in [1.807, 2.05) is 0 Å². The number of hydrogen-bond acceptors (Lipinski definition) is 10. The van der Waals surface area contributed by atoms with Gasteiger partial charge < -0.3 is 40.1 Å². The van der Waals surface area contributed by atoms with Crippen molar-refractivity contribution in [3.05, 3.63) is 60.8 Å². The molecule has 6 N–H and O–H groups in total. The van der Waals surface area contributed by atoms with Crippen molar-refractivity contribution in [2.45, 2.75) is 39.7 Å². The number of allylic oxidation sites excluding steroid dienone is 3. The first kappa shape index (κ1) is 38.1. The van der Waals surface area contributed by atoms with Crippen LogP contribution in [0.25, 0.3) is 0 Å². The summed E-state index contributed by atoms with van der Waals surface area (Å²) in [7, 11) is 0. The second-order valence-electron chi connectivity index (χ2n) is 8.72. The third-order valence-electron chi connectivity index (χ3n) is 5.38. The highest BCUT2D eigenvalue weighted by Gasteiger charge is 2.46. The average Bonchev–Trinajstić information content (AvgIpc) is 2.87. The van der Waals surface area contributed by atoms with E-state index in [9.17, 15) is 39.3 Å². The van der Waals surface area contributed by atoms with Crippen molar-refractivity contribution < 1.29 is 64.1 Å². The number of aliphatic hydroxyl groups excluding tert-OH is 3. The van der Waals surface area contributed by atoms with Crippen LogP contribution in [0.3, 0.4) is 0 Å². The van der Waals surface area contributed by atoms with Crippen LogP contribution in [0.5, 0.6) is 0 Å². The number of esters is 2. The third-order valence-corrected chi connectivity index (χ3v) is 5.38. The van der Waals surface area contributed by atoms with Crippen molar-refractivity contribution in [1.82, 2.24) is 0 Å². The number of rotatable bonds is 17. The van der Waals surface area contributed by atoms with Crippen LogP contribution >= 0.6 is 0 Å². The average molecular weight is 571 g/mol. The maximum Gasteiger partial charge on any atom is 0.333 e. The van der Waals surface area contributed by atoms with Crippen molar-refractivity contribution in [3.8, 4) is 0 Å². The Morgan fingerprint density at radius 3 is 1.48 bits per heavy atom.